The smallest absolute Gasteiger partial charge is 0.255 e. The van der Waals surface area contributed by atoms with Gasteiger partial charge in [0.1, 0.15) is 5.82 Å². The van der Waals surface area contributed by atoms with Crippen LogP contribution in [0.4, 0.5) is 0 Å². The fraction of sp³-hybridized carbons (Fsp3) is 0.500. The molecule has 0 unspecified atom stereocenters. The molecule has 0 bridgehead atoms. The number of imidazole rings is 1. The Morgan fingerprint density at radius 3 is 2.64 bits per heavy atom. The summed E-state index contributed by atoms with van der Waals surface area (Å²) in [6.45, 7) is 9.57. The number of carbonyl (C=O) groups is 1. The van der Waals surface area contributed by atoms with Gasteiger partial charge in [-0.05, 0) is 22.0 Å². The largest absolute Gasteiger partial charge is 0.336 e. The van der Waals surface area contributed by atoms with E-state index in [1.54, 1.807) is 12.4 Å². The van der Waals surface area contributed by atoms with Gasteiger partial charge in [-0.3, -0.25) is 14.7 Å². The topological polar surface area (TPSA) is 54.3 Å². The Hall–Kier alpha value is -1.73. The molecule has 3 rings (SSSR count). The van der Waals surface area contributed by atoms with Crippen molar-refractivity contribution < 1.29 is 4.79 Å². The molecule has 6 nitrogen and oxygen atoms in total. The first kappa shape index (κ1) is 18.1. The summed E-state index contributed by atoms with van der Waals surface area (Å²) < 4.78 is 3.06. The molecule has 1 fully saturated rings. The Labute approximate surface area is 157 Å². The minimum atomic E-state index is 0.0603. The van der Waals surface area contributed by atoms with E-state index in [-0.39, 0.29) is 5.91 Å². The van der Waals surface area contributed by atoms with Gasteiger partial charge in [-0.15, -0.1) is 0 Å². The normalized spacial score (nSPS) is 15.8. The molecular weight excluding hydrogens is 382 g/mol. The van der Waals surface area contributed by atoms with E-state index in [0.717, 1.165) is 49.6 Å². The number of halogens is 1. The SMILES string of the molecule is CC(C)c1nccn1CCN1CCN(C(=O)c2cncc(Br)c2)CC1. The Bertz CT molecular complexity index is 722. The highest BCUT2D eigenvalue weighted by Gasteiger charge is 2.22. The van der Waals surface area contributed by atoms with E-state index in [4.69, 9.17) is 0 Å². The van der Waals surface area contributed by atoms with Crippen molar-refractivity contribution in [2.45, 2.75) is 26.3 Å². The zero-order chi connectivity index (χ0) is 17.8. The average molecular weight is 406 g/mol. The Balaban J connectivity index is 1.50. The second-order valence-corrected chi connectivity index (χ2v) is 7.57. The third kappa shape index (κ3) is 4.46. The maximum atomic E-state index is 12.6. The second-order valence-electron chi connectivity index (χ2n) is 6.66. The lowest BCUT2D eigenvalue weighted by atomic mass is 10.2. The number of hydrogen-bond donors (Lipinski definition) is 0. The monoisotopic (exact) mass is 405 g/mol. The van der Waals surface area contributed by atoms with E-state index in [9.17, 15) is 4.79 Å². The minimum absolute atomic E-state index is 0.0603. The van der Waals surface area contributed by atoms with Crippen LogP contribution >= 0.6 is 15.9 Å². The van der Waals surface area contributed by atoms with E-state index >= 15 is 0 Å². The van der Waals surface area contributed by atoms with Crippen LogP contribution in [0.2, 0.25) is 0 Å². The number of amides is 1. The van der Waals surface area contributed by atoms with Gasteiger partial charge in [0.2, 0.25) is 0 Å². The van der Waals surface area contributed by atoms with Gasteiger partial charge in [0.05, 0.1) is 5.56 Å². The fourth-order valence-electron chi connectivity index (χ4n) is 3.15. The Kier molecular flexibility index (Phi) is 5.86. The van der Waals surface area contributed by atoms with Crippen LogP contribution < -0.4 is 0 Å². The summed E-state index contributed by atoms with van der Waals surface area (Å²) in [6.07, 6.45) is 7.25. The number of piperazine rings is 1. The average Bonchev–Trinajstić information content (AvgIpc) is 3.09. The molecule has 25 heavy (non-hydrogen) atoms. The molecule has 0 atom stereocenters. The van der Waals surface area contributed by atoms with E-state index in [2.05, 4.69) is 55.4 Å². The molecule has 0 spiro atoms. The molecule has 0 aromatic carbocycles. The summed E-state index contributed by atoms with van der Waals surface area (Å²) in [4.78, 5) is 25.4. The number of rotatable bonds is 5. The maximum absolute atomic E-state index is 12.6. The number of aromatic nitrogens is 3. The summed E-state index contributed by atoms with van der Waals surface area (Å²) in [5.74, 6) is 1.63. The maximum Gasteiger partial charge on any atom is 0.255 e. The van der Waals surface area contributed by atoms with Crippen LogP contribution in [0.15, 0.2) is 35.3 Å². The molecule has 1 amide bonds. The molecule has 0 N–H and O–H groups in total. The van der Waals surface area contributed by atoms with Crippen molar-refractivity contribution in [3.8, 4) is 0 Å². The second kappa shape index (κ2) is 8.10. The van der Waals surface area contributed by atoms with Gasteiger partial charge in [-0.25, -0.2) is 4.98 Å². The molecule has 134 valence electrons. The van der Waals surface area contributed by atoms with Crippen LogP contribution in [0.25, 0.3) is 0 Å². The van der Waals surface area contributed by atoms with Crippen molar-refractivity contribution in [1.29, 1.82) is 0 Å². The molecule has 3 heterocycles. The zero-order valence-electron chi connectivity index (χ0n) is 14.7. The van der Waals surface area contributed by atoms with Crippen molar-refractivity contribution in [2.75, 3.05) is 32.7 Å². The molecular formula is C18H24BrN5O. The zero-order valence-corrected chi connectivity index (χ0v) is 16.3. The molecule has 1 saturated heterocycles. The first-order valence-corrected chi connectivity index (χ1v) is 9.47. The van der Waals surface area contributed by atoms with Gasteiger partial charge in [-0.2, -0.15) is 0 Å². The van der Waals surface area contributed by atoms with Crippen LogP contribution in [-0.2, 0) is 6.54 Å². The van der Waals surface area contributed by atoms with E-state index in [1.807, 2.05) is 17.2 Å². The predicted octanol–water partition coefficient (Wildman–Crippen LogP) is 2.62. The summed E-state index contributed by atoms with van der Waals surface area (Å²) >= 11 is 3.37. The van der Waals surface area contributed by atoms with Crippen LogP contribution in [0.3, 0.4) is 0 Å². The lowest BCUT2D eigenvalue weighted by Crippen LogP contribution is -2.49. The Morgan fingerprint density at radius 1 is 1.20 bits per heavy atom. The van der Waals surface area contributed by atoms with Crippen LogP contribution in [-0.4, -0.2) is 63.0 Å². The van der Waals surface area contributed by atoms with Gasteiger partial charge in [-0.1, -0.05) is 13.8 Å². The van der Waals surface area contributed by atoms with Crippen molar-refractivity contribution in [3.63, 3.8) is 0 Å². The van der Waals surface area contributed by atoms with Gasteiger partial charge >= 0.3 is 0 Å². The number of carbonyl (C=O) groups excluding carboxylic acids is 1. The molecule has 0 saturated carbocycles. The van der Waals surface area contributed by atoms with Crippen molar-refractivity contribution >= 4 is 21.8 Å². The van der Waals surface area contributed by atoms with Gasteiger partial charge in [0.25, 0.3) is 5.91 Å². The van der Waals surface area contributed by atoms with E-state index in [1.165, 1.54) is 0 Å². The number of hydrogen-bond acceptors (Lipinski definition) is 4. The van der Waals surface area contributed by atoms with Crippen molar-refractivity contribution in [1.82, 2.24) is 24.3 Å². The molecule has 2 aromatic heterocycles. The van der Waals surface area contributed by atoms with Crippen molar-refractivity contribution in [3.05, 3.63) is 46.7 Å². The van der Waals surface area contributed by atoms with Gasteiger partial charge < -0.3 is 9.47 Å². The predicted molar refractivity (Wildman–Crippen MR) is 101 cm³/mol. The lowest BCUT2D eigenvalue weighted by molar-refractivity contribution is 0.0632. The van der Waals surface area contributed by atoms with Gasteiger partial charge in [0, 0.05) is 74.4 Å². The Morgan fingerprint density at radius 2 is 1.96 bits per heavy atom. The third-order valence-electron chi connectivity index (χ3n) is 4.53. The molecule has 1 aliphatic rings. The minimum Gasteiger partial charge on any atom is -0.336 e. The van der Waals surface area contributed by atoms with E-state index < -0.39 is 0 Å². The molecule has 1 aliphatic heterocycles. The first-order valence-electron chi connectivity index (χ1n) is 8.68. The van der Waals surface area contributed by atoms with E-state index in [0.29, 0.717) is 11.5 Å². The van der Waals surface area contributed by atoms with Crippen molar-refractivity contribution in [2.24, 2.45) is 0 Å². The quantitative estimate of drug-likeness (QED) is 0.766. The van der Waals surface area contributed by atoms with Crippen LogP contribution in [0.1, 0.15) is 35.9 Å². The molecule has 2 aromatic rings. The summed E-state index contributed by atoms with van der Waals surface area (Å²) in [7, 11) is 0. The fourth-order valence-corrected chi connectivity index (χ4v) is 3.51. The summed E-state index contributed by atoms with van der Waals surface area (Å²) in [5.41, 5.74) is 0.641. The van der Waals surface area contributed by atoms with Gasteiger partial charge in [0.15, 0.2) is 0 Å². The number of nitrogens with zero attached hydrogens (tertiary/aromatic N) is 5. The first-order chi connectivity index (χ1) is 12.0. The van der Waals surface area contributed by atoms with Crippen LogP contribution in [0, 0.1) is 0 Å². The molecule has 7 heteroatoms. The third-order valence-corrected chi connectivity index (χ3v) is 4.97. The molecule has 0 aliphatic carbocycles. The summed E-state index contributed by atoms with van der Waals surface area (Å²) in [5, 5.41) is 0. The standard InChI is InChI=1S/C18H24BrN5O/c1-14(2)17-21-3-4-23(17)8-5-22-6-9-24(10-7-22)18(25)15-11-16(19)13-20-12-15/h3-4,11-14H,5-10H2,1-2H3. The highest BCUT2D eigenvalue weighted by molar-refractivity contribution is 9.10. The number of pyridine rings is 1. The summed E-state index contributed by atoms with van der Waals surface area (Å²) in [6, 6.07) is 1.83. The highest BCUT2D eigenvalue weighted by atomic mass is 79.9. The highest BCUT2D eigenvalue weighted by Crippen LogP contribution is 2.14. The van der Waals surface area contributed by atoms with Crippen LogP contribution in [0.5, 0.6) is 0 Å². The molecule has 0 radical (unpaired) electrons. The lowest BCUT2D eigenvalue weighted by Gasteiger charge is -2.34.